The van der Waals surface area contributed by atoms with E-state index >= 15 is 0 Å². The van der Waals surface area contributed by atoms with Gasteiger partial charge in [0.05, 0.1) is 0 Å². The molecular formula is C16H24BrClN2. The molecule has 1 unspecified atom stereocenters. The van der Waals surface area contributed by atoms with E-state index in [9.17, 15) is 0 Å². The third-order valence-electron chi connectivity index (χ3n) is 4.71. The Kier molecular flexibility index (Phi) is 6.34. The van der Waals surface area contributed by atoms with Crippen molar-refractivity contribution in [2.24, 2.45) is 17.7 Å². The van der Waals surface area contributed by atoms with Gasteiger partial charge in [-0.25, -0.2) is 0 Å². The van der Waals surface area contributed by atoms with E-state index in [1.165, 1.54) is 37.7 Å². The highest BCUT2D eigenvalue weighted by Gasteiger charge is 2.26. The molecule has 1 aliphatic rings. The summed E-state index contributed by atoms with van der Waals surface area (Å²) < 4.78 is 1.02. The van der Waals surface area contributed by atoms with Crippen molar-refractivity contribution in [2.45, 2.75) is 51.5 Å². The Labute approximate surface area is 135 Å². The van der Waals surface area contributed by atoms with Gasteiger partial charge >= 0.3 is 0 Å². The predicted octanol–water partition coefficient (Wildman–Crippen LogP) is 4.69. The zero-order valence-electron chi connectivity index (χ0n) is 12.0. The summed E-state index contributed by atoms with van der Waals surface area (Å²) in [5.74, 6) is 7.38. The van der Waals surface area contributed by atoms with E-state index in [4.69, 9.17) is 17.4 Å². The quantitative estimate of drug-likeness (QED) is 0.591. The maximum absolute atomic E-state index is 6.32. The lowest BCUT2D eigenvalue weighted by atomic mass is 9.76. The van der Waals surface area contributed by atoms with Crippen LogP contribution in [0.15, 0.2) is 22.7 Å². The molecule has 2 rings (SSSR count). The molecule has 3 N–H and O–H groups in total. The number of hydrazine groups is 1. The number of benzene rings is 1. The Bertz CT molecular complexity index is 430. The molecular weight excluding hydrogens is 336 g/mol. The van der Waals surface area contributed by atoms with Gasteiger partial charge in [-0.05, 0) is 48.8 Å². The zero-order valence-corrected chi connectivity index (χ0v) is 14.4. The lowest BCUT2D eigenvalue weighted by molar-refractivity contribution is 0.217. The zero-order chi connectivity index (χ0) is 14.5. The second-order valence-electron chi connectivity index (χ2n) is 5.90. The highest BCUT2D eigenvalue weighted by molar-refractivity contribution is 9.10. The van der Waals surface area contributed by atoms with Gasteiger partial charge in [0, 0.05) is 15.5 Å². The summed E-state index contributed by atoms with van der Waals surface area (Å²) in [6, 6.07) is 6.42. The normalized spacial score (nSPS) is 24.6. The molecule has 1 aliphatic carbocycles. The Morgan fingerprint density at radius 2 is 2.05 bits per heavy atom. The van der Waals surface area contributed by atoms with Gasteiger partial charge in [-0.1, -0.05) is 59.8 Å². The minimum absolute atomic E-state index is 0.325. The van der Waals surface area contributed by atoms with Crippen molar-refractivity contribution >= 4 is 27.5 Å². The van der Waals surface area contributed by atoms with Gasteiger partial charge in [-0.2, -0.15) is 0 Å². The summed E-state index contributed by atoms with van der Waals surface area (Å²) in [4.78, 5) is 0. The van der Waals surface area contributed by atoms with Crippen LogP contribution in [-0.2, 0) is 6.42 Å². The fourth-order valence-electron chi connectivity index (χ4n) is 3.28. The topological polar surface area (TPSA) is 38.0 Å². The van der Waals surface area contributed by atoms with E-state index in [0.717, 1.165) is 21.8 Å². The second kappa shape index (κ2) is 7.79. The average Bonchev–Trinajstić information content (AvgIpc) is 2.47. The molecule has 20 heavy (non-hydrogen) atoms. The highest BCUT2D eigenvalue weighted by atomic mass is 79.9. The number of hydrogen-bond acceptors (Lipinski definition) is 2. The van der Waals surface area contributed by atoms with Gasteiger partial charge < -0.3 is 0 Å². The Morgan fingerprint density at radius 3 is 2.60 bits per heavy atom. The first-order valence-corrected chi connectivity index (χ1v) is 8.71. The molecule has 1 fully saturated rings. The fraction of sp³-hybridized carbons (Fsp3) is 0.625. The van der Waals surface area contributed by atoms with Crippen LogP contribution >= 0.6 is 27.5 Å². The first kappa shape index (κ1) is 16.3. The average molecular weight is 360 g/mol. The molecule has 1 atom stereocenters. The maximum atomic E-state index is 6.32. The number of rotatable bonds is 5. The lowest BCUT2D eigenvalue weighted by Crippen LogP contribution is -2.43. The molecule has 0 radical (unpaired) electrons. The number of nitrogens with one attached hydrogen (secondary N) is 1. The summed E-state index contributed by atoms with van der Waals surface area (Å²) in [5.41, 5.74) is 4.20. The monoisotopic (exact) mass is 358 g/mol. The van der Waals surface area contributed by atoms with Crippen LogP contribution in [0, 0.1) is 11.8 Å². The minimum Gasteiger partial charge on any atom is -0.271 e. The molecule has 0 heterocycles. The van der Waals surface area contributed by atoms with Crippen molar-refractivity contribution in [1.82, 2.24) is 5.43 Å². The fourth-order valence-corrected chi connectivity index (χ4v) is 4.04. The molecule has 0 amide bonds. The third-order valence-corrected chi connectivity index (χ3v) is 5.55. The first-order chi connectivity index (χ1) is 9.63. The minimum atomic E-state index is 0.325. The summed E-state index contributed by atoms with van der Waals surface area (Å²) in [7, 11) is 0. The molecule has 4 heteroatoms. The first-order valence-electron chi connectivity index (χ1n) is 7.54. The predicted molar refractivity (Wildman–Crippen MR) is 89.7 cm³/mol. The molecule has 1 saturated carbocycles. The van der Waals surface area contributed by atoms with Crippen LogP contribution in [0.5, 0.6) is 0 Å². The summed E-state index contributed by atoms with van der Waals surface area (Å²) in [6.07, 6.45) is 7.46. The standard InChI is InChI=1S/C16H24BrClN2/c1-2-11-3-5-12(6-4-11)16(20-19)9-13-7-8-14(17)10-15(13)18/h7-8,10-12,16,20H,2-6,9,19H2,1H3. The maximum Gasteiger partial charge on any atom is 0.0449 e. The van der Waals surface area contributed by atoms with Crippen LogP contribution < -0.4 is 11.3 Å². The lowest BCUT2D eigenvalue weighted by Gasteiger charge is -2.33. The molecule has 0 saturated heterocycles. The third kappa shape index (κ3) is 4.20. The van der Waals surface area contributed by atoms with Crippen molar-refractivity contribution in [1.29, 1.82) is 0 Å². The van der Waals surface area contributed by atoms with Crippen LogP contribution in [0.3, 0.4) is 0 Å². The van der Waals surface area contributed by atoms with Crippen LogP contribution in [-0.4, -0.2) is 6.04 Å². The van der Waals surface area contributed by atoms with Crippen molar-refractivity contribution in [2.75, 3.05) is 0 Å². The van der Waals surface area contributed by atoms with E-state index in [1.807, 2.05) is 12.1 Å². The molecule has 1 aromatic carbocycles. The molecule has 0 bridgehead atoms. The summed E-state index contributed by atoms with van der Waals surface area (Å²) in [5, 5.41) is 0.821. The van der Waals surface area contributed by atoms with Crippen LogP contribution in [0.1, 0.15) is 44.6 Å². The van der Waals surface area contributed by atoms with E-state index in [0.29, 0.717) is 12.0 Å². The number of nitrogens with two attached hydrogens (primary N) is 1. The molecule has 112 valence electrons. The van der Waals surface area contributed by atoms with Crippen LogP contribution in [0.4, 0.5) is 0 Å². The van der Waals surface area contributed by atoms with E-state index in [2.05, 4.69) is 34.3 Å². The van der Waals surface area contributed by atoms with Gasteiger partial charge in [0.15, 0.2) is 0 Å². The van der Waals surface area contributed by atoms with E-state index in [1.54, 1.807) is 0 Å². The smallest absolute Gasteiger partial charge is 0.0449 e. The largest absolute Gasteiger partial charge is 0.271 e. The molecule has 0 aromatic heterocycles. The second-order valence-corrected chi connectivity index (χ2v) is 7.22. The SMILES string of the molecule is CCC1CCC(C(Cc2ccc(Br)cc2Cl)NN)CC1. The van der Waals surface area contributed by atoms with Gasteiger partial charge in [-0.15, -0.1) is 0 Å². The Balaban J connectivity index is 1.98. The van der Waals surface area contributed by atoms with Crippen molar-refractivity contribution in [3.05, 3.63) is 33.3 Å². The summed E-state index contributed by atoms with van der Waals surface area (Å²) >= 11 is 9.76. The van der Waals surface area contributed by atoms with Crippen LogP contribution in [0.25, 0.3) is 0 Å². The van der Waals surface area contributed by atoms with Crippen molar-refractivity contribution in [3.63, 3.8) is 0 Å². The van der Waals surface area contributed by atoms with Gasteiger partial charge in [0.1, 0.15) is 0 Å². The van der Waals surface area contributed by atoms with Crippen molar-refractivity contribution < 1.29 is 0 Å². The molecule has 0 spiro atoms. The van der Waals surface area contributed by atoms with Gasteiger partial charge in [0.2, 0.25) is 0 Å². The van der Waals surface area contributed by atoms with Gasteiger partial charge in [0.25, 0.3) is 0 Å². The molecule has 0 aliphatic heterocycles. The Morgan fingerprint density at radius 1 is 1.35 bits per heavy atom. The number of hydrogen-bond donors (Lipinski definition) is 2. The number of halogens is 2. The van der Waals surface area contributed by atoms with Crippen molar-refractivity contribution in [3.8, 4) is 0 Å². The highest BCUT2D eigenvalue weighted by Crippen LogP contribution is 2.34. The van der Waals surface area contributed by atoms with Crippen LogP contribution in [0.2, 0.25) is 5.02 Å². The molecule has 2 nitrogen and oxygen atoms in total. The summed E-state index contributed by atoms with van der Waals surface area (Å²) in [6.45, 7) is 2.30. The van der Waals surface area contributed by atoms with Gasteiger partial charge in [-0.3, -0.25) is 11.3 Å². The molecule has 1 aromatic rings. The van der Waals surface area contributed by atoms with E-state index < -0.39 is 0 Å². The van der Waals surface area contributed by atoms with E-state index in [-0.39, 0.29) is 0 Å². The Hall–Kier alpha value is -0.0900.